The summed E-state index contributed by atoms with van der Waals surface area (Å²) in [6.07, 6.45) is -8.46. The minimum Gasteiger partial charge on any atom is -0.476 e. The third-order valence-electron chi connectivity index (χ3n) is 3.88. The van der Waals surface area contributed by atoms with Crippen LogP contribution in [0.3, 0.4) is 0 Å². The van der Waals surface area contributed by atoms with E-state index in [1.54, 1.807) is 0 Å². The number of allylic oxidation sites excluding steroid dienone is 1. The Kier molecular flexibility index (Phi) is 4.29. The third-order valence-corrected chi connectivity index (χ3v) is 4.69. The molecular weight excluding hydrogens is 382 g/mol. The van der Waals surface area contributed by atoms with Gasteiger partial charge in [0.1, 0.15) is 11.5 Å². The Balaban J connectivity index is 2.14. The zero-order valence-corrected chi connectivity index (χ0v) is 13.7. The topological polar surface area (TPSA) is 97.1 Å². The number of halogens is 4. The maximum absolute atomic E-state index is 14.4. The molecule has 1 aromatic heterocycles. The van der Waals surface area contributed by atoms with Gasteiger partial charge in [0.05, 0.1) is 10.4 Å². The molecule has 1 aliphatic heterocycles. The van der Waals surface area contributed by atoms with E-state index in [9.17, 15) is 32.6 Å². The van der Waals surface area contributed by atoms with Gasteiger partial charge in [-0.3, -0.25) is 4.90 Å². The Morgan fingerprint density at radius 3 is 2.54 bits per heavy atom. The zero-order chi connectivity index (χ0) is 19.4. The lowest BCUT2D eigenvalue weighted by atomic mass is 10.1. The molecule has 0 aliphatic carbocycles. The van der Waals surface area contributed by atoms with Crippen molar-refractivity contribution in [2.45, 2.75) is 18.8 Å². The van der Waals surface area contributed by atoms with E-state index in [-0.39, 0.29) is 15.8 Å². The molecule has 2 unspecified atom stereocenters. The molecule has 3 rings (SSSR count). The first-order valence-electron chi connectivity index (χ1n) is 7.01. The molecule has 26 heavy (non-hydrogen) atoms. The molecule has 2 aromatic rings. The number of aliphatic hydroxyl groups is 2. The van der Waals surface area contributed by atoms with Crippen molar-refractivity contribution < 1.29 is 37.7 Å². The van der Waals surface area contributed by atoms with Crippen LogP contribution in [0.5, 0.6) is 0 Å². The van der Waals surface area contributed by atoms with Crippen LogP contribution in [0.1, 0.15) is 10.5 Å². The summed E-state index contributed by atoms with van der Waals surface area (Å²) >= 11 is 0.732. The minimum absolute atomic E-state index is 0.0338. The van der Waals surface area contributed by atoms with Gasteiger partial charge in [0.15, 0.2) is 11.9 Å². The number of hydrogen-bond acceptors (Lipinski definition) is 7. The van der Waals surface area contributed by atoms with Gasteiger partial charge >= 0.3 is 12.1 Å². The molecule has 140 valence electrons. The predicted octanol–water partition coefficient (Wildman–Crippen LogP) is 1.93. The number of carboxylic acids is 1. The van der Waals surface area contributed by atoms with Crippen molar-refractivity contribution in [2.24, 2.45) is 0 Å². The number of aliphatic hydroxyl groups excluding tert-OH is 2. The Morgan fingerprint density at radius 2 is 1.96 bits per heavy atom. The summed E-state index contributed by atoms with van der Waals surface area (Å²) < 4.78 is 57.2. The molecule has 2 heterocycles. The molecule has 2 atom stereocenters. The normalized spacial score (nSPS) is 21.3. The van der Waals surface area contributed by atoms with E-state index in [2.05, 4.69) is 4.37 Å². The number of carbonyl (C=O) groups is 1. The highest BCUT2D eigenvalue weighted by atomic mass is 32.1. The summed E-state index contributed by atoms with van der Waals surface area (Å²) in [5.74, 6) is -2.33. The molecule has 1 aromatic carbocycles. The van der Waals surface area contributed by atoms with Gasteiger partial charge < -0.3 is 20.2 Å². The van der Waals surface area contributed by atoms with E-state index in [0.717, 1.165) is 30.7 Å². The van der Waals surface area contributed by atoms with Crippen molar-refractivity contribution in [3.63, 3.8) is 0 Å². The largest absolute Gasteiger partial charge is 0.476 e. The highest BCUT2D eigenvalue weighted by Gasteiger charge is 2.45. The minimum atomic E-state index is -4.83. The van der Waals surface area contributed by atoms with Crippen LogP contribution < -0.4 is 4.90 Å². The van der Waals surface area contributed by atoms with Gasteiger partial charge in [-0.05, 0) is 29.7 Å². The van der Waals surface area contributed by atoms with Gasteiger partial charge in [-0.15, -0.1) is 0 Å². The van der Waals surface area contributed by atoms with Gasteiger partial charge in [-0.2, -0.15) is 17.5 Å². The average molecular weight is 393 g/mol. The van der Waals surface area contributed by atoms with Gasteiger partial charge in [-0.1, -0.05) is 0 Å². The predicted molar refractivity (Wildman–Crippen MR) is 82.9 cm³/mol. The van der Waals surface area contributed by atoms with Crippen LogP contribution in [0.25, 0.3) is 10.1 Å². The summed E-state index contributed by atoms with van der Waals surface area (Å²) in [4.78, 5) is 12.2. The van der Waals surface area contributed by atoms with E-state index in [4.69, 9.17) is 5.11 Å². The number of aromatic carboxylic acids is 1. The standard InChI is InChI=1S/C14H11F4N3O4S/c1-20-9(14(16,17)18)4-10(22)21(13(20)25)7-2-5-8(3-6(7)15)26-19-11(5)12(23)24/h2-4,10,13,22,25H,1H3,(H,23,24). The second-order valence-corrected chi connectivity index (χ2v) is 6.27. The smallest absolute Gasteiger partial charge is 0.431 e. The summed E-state index contributed by atoms with van der Waals surface area (Å²) in [5, 5.41) is 29.4. The molecule has 7 nitrogen and oxygen atoms in total. The van der Waals surface area contributed by atoms with Crippen LogP contribution in [-0.2, 0) is 0 Å². The number of anilines is 1. The number of benzene rings is 1. The van der Waals surface area contributed by atoms with Crippen LogP contribution in [-0.4, -0.2) is 56.4 Å². The highest BCUT2D eigenvalue weighted by molar-refractivity contribution is 7.13. The molecule has 0 saturated heterocycles. The van der Waals surface area contributed by atoms with Crippen molar-refractivity contribution in [1.29, 1.82) is 0 Å². The lowest BCUT2D eigenvalue weighted by Gasteiger charge is -2.43. The van der Waals surface area contributed by atoms with E-state index >= 15 is 0 Å². The van der Waals surface area contributed by atoms with Crippen LogP contribution in [0.2, 0.25) is 0 Å². The quantitative estimate of drug-likeness (QED) is 0.671. The molecule has 0 bridgehead atoms. The molecule has 0 saturated carbocycles. The second kappa shape index (κ2) is 6.07. The number of rotatable bonds is 2. The van der Waals surface area contributed by atoms with E-state index < -0.39 is 41.9 Å². The molecule has 3 N–H and O–H groups in total. The first-order chi connectivity index (χ1) is 12.0. The Labute approximate surface area is 147 Å². The van der Waals surface area contributed by atoms with Gasteiger partial charge in [-0.25, -0.2) is 9.18 Å². The van der Waals surface area contributed by atoms with E-state index in [1.165, 1.54) is 0 Å². The maximum Gasteiger partial charge on any atom is 0.431 e. The zero-order valence-electron chi connectivity index (χ0n) is 12.9. The van der Waals surface area contributed by atoms with Crippen molar-refractivity contribution in [2.75, 3.05) is 11.9 Å². The molecule has 0 radical (unpaired) electrons. The maximum atomic E-state index is 14.4. The molecule has 0 spiro atoms. The van der Waals surface area contributed by atoms with Gasteiger partial charge in [0, 0.05) is 12.4 Å². The van der Waals surface area contributed by atoms with Crippen molar-refractivity contribution in [3.8, 4) is 0 Å². The van der Waals surface area contributed by atoms with Crippen molar-refractivity contribution in [1.82, 2.24) is 9.27 Å². The Hall–Kier alpha value is -2.44. The Morgan fingerprint density at radius 1 is 1.31 bits per heavy atom. The SMILES string of the molecule is CN1C(C(F)(F)F)=CC(O)N(c2cc3c(C(=O)O)nsc3cc2F)C1O. The fourth-order valence-corrected chi connectivity index (χ4v) is 3.42. The van der Waals surface area contributed by atoms with E-state index in [0.29, 0.717) is 15.9 Å². The summed E-state index contributed by atoms with van der Waals surface area (Å²) in [7, 11) is 0.925. The molecule has 1 aliphatic rings. The second-order valence-electron chi connectivity index (χ2n) is 5.46. The first-order valence-corrected chi connectivity index (χ1v) is 7.78. The highest BCUT2D eigenvalue weighted by Crippen LogP contribution is 2.37. The fraction of sp³-hybridized carbons (Fsp3) is 0.286. The molecule has 0 amide bonds. The van der Waals surface area contributed by atoms with Crippen LogP contribution in [0, 0.1) is 5.82 Å². The lowest BCUT2D eigenvalue weighted by molar-refractivity contribution is -0.133. The number of carboxylic acid groups (broad SMARTS) is 1. The number of fused-ring (bicyclic) bond motifs is 1. The third kappa shape index (κ3) is 2.85. The van der Waals surface area contributed by atoms with Gasteiger partial charge in [0.25, 0.3) is 0 Å². The number of hydrogen-bond donors (Lipinski definition) is 3. The lowest BCUT2D eigenvalue weighted by Crippen LogP contribution is -2.56. The van der Waals surface area contributed by atoms with Crippen molar-refractivity contribution in [3.05, 3.63) is 35.4 Å². The monoisotopic (exact) mass is 393 g/mol. The fourth-order valence-electron chi connectivity index (χ4n) is 2.65. The summed E-state index contributed by atoms with van der Waals surface area (Å²) in [6.45, 7) is 0. The van der Waals surface area contributed by atoms with Crippen LogP contribution >= 0.6 is 11.5 Å². The Bertz CT molecular complexity index is 913. The number of nitrogens with zero attached hydrogens (tertiary/aromatic N) is 3. The average Bonchev–Trinajstić information content (AvgIpc) is 2.93. The van der Waals surface area contributed by atoms with Crippen molar-refractivity contribution >= 4 is 33.3 Å². The number of aromatic nitrogens is 1. The first kappa shape index (κ1) is 18.4. The summed E-state index contributed by atoms with van der Waals surface area (Å²) in [5.41, 5.74) is -2.13. The molecular formula is C14H11F4N3O4S. The van der Waals surface area contributed by atoms with Crippen LogP contribution in [0.15, 0.2) is 23.9 Å². The molecule has 0 fully saturated rings. The van der Waals surface area contributed by atoms with Gasteiger partial charge in [0.2, 0.25) is 6.35 Å². The molecule has 12 heteroatoms. The van der Waals surface area contributed by atoms with Crippen LogP contribution in [0.4, 0.5) is 23.2 Å². The van der Waals surface area contributed by atoms with E-state index in [1.807, 2.05) is 0 Å². The summed E-state index contributed by atoms with van der Waals surface area (Å²) in [6, 6.07) is 1.96. The number of alkyl halides is 3.